The van der Waals surface area contributed by atoms with Crippen molar-refractivity contribution >= 4 is 5.78 Å². The van der Waals surface area contributed by atoms with Gasteiger partial charge in [0.15, 0.2) is 5.78 Å². The van der Waals surface area contributed by atoms with Crippen molar-refractivity contribution in [2.45, 2.75) is 34.6 Å². The largest absolute Gasteiger partial charge is 0.395 e. The molecule has 0 rings (SSSR count). The molecule has 1 N–H and O–H groups in total. The van der Waals surface area contributed by atoms with E-state index in [1.807, 2.05) is 6.07 Å². The number of aliphatic hydroxyl groups excluding tert-OH is 1. The first-order chi connectivity index (χ1) is 6.64. The smallest absolute Gasteiger partial charge is 0.178 e. The Morgan fingerprint density at radius 1 is 1.33 bits per heavy atom. The summed E-state index contributed by atoms with van der Waals surface area (Å²) in [5.74, 6) is -0.188. The molecule has 0 aliphatic rings. The van der Waals surface area contributed by atoms with Gasteiger partial charge in [-0.25, -0.2) is 0 Å². The lowest BCUT2D eigenvalue weighted by molar-refractivity contribution is -0.122. The summed E-state index contributed by atoms with van der Waals surface area (Å²) in [7, 11) is 0. The minimum atomic E-state index is -0.562. The highest BCUT2D eigenvalue weighted by atomic mass is 16.3. The third-order valence-electron chi connectivity index (χ3n) is 1.99. The van der Waals surface area contributed by atoms with E-state index in [1.54, 1.807) is 40.7 Å². The Morgan fingerprint density at radius 3 is 2.07 bits per heavy atom. The summed E-state index contributed by atoms with van der Waals surface area (Å²) in [4.78, 5) is 11.8. The van der Waals surface area contributed by atoms with Gasteiger partial charge in [0.05, 0.1) is 12.2 Å². The highest BCUT2D eigenvalue weighted by Gasteiger charge is 2.27. The van der Waals surface area contributed by atoms with Gasteiger partial charge in [0.1, 0.15) is 6.07 Å². The molecule has 0 spiro atoms. The predicted molar refractivity (Wildman–Crippen MR) is 59.0 cm³/mol. The highest BCUT2D eigenvalue weighted by molar-refractivity contribution is 6.02. The first kappa shape index (κ1) is 13.9. The van der Waals surface area contributed by atoms with E-state index in [-0.39, 0.29) is 18.0 Å². The Labute approximate surface area is 91.4 Å². The maximum atomic E-state index is 11.8. The van der Waals surface area contributed by atoms with E-state index in [9.17, 15) is 4.79 Å². The molecule has 0 bridgehead atoms. The number of rotatable bonds is 3. The molecule has 0 radical (unpaired) electrons. The molecule has 0 saturated carbocycles. The van der Waals surface area contributed by atoms with E-state index in [1.165, 1.54) is 0 Å². The number of carbonyl (C=O) groups is 1. The molecule has 0 aliphatic carbocycles. The molecular weight excluding hydrogens is 190 g/mol. The monoisotopic (exact) mass is 209 g/mol. The Balaban J connectivity index is 5.14. The third-order valence-corrected chi connectivity index (χ3v) is 1.99. The van der Waals surface area contributed by atoms with Crippen LogP contribution >= 0.6 is 0 Å². The van der Waals surface area contributed by atoms with Crippen LogP contribution < -0.4 is 0 Å². The second-order valence-corrected chi connectivity index (χ2v) is 5.40. The van der Waals surface area contributed by atoms with Crippen LogP contribution in [0.2, 0.25) is 0 Å². The normalized spacial score (nSPS) is 13.5. The lowest BCUT2D eigenvalue weighted by atomic mass is 9.83. The molecule has 0 unspecified atom stereocenters. The number of allylic oxidation sites excluding steroid dienone is 1. The average molecular weight is 209 g/mol. The number of aliphatic hydroxyl groups is 1. The standard InChI is InChI=1S/C12H19NO2/c1-11(2,3)10(15)9(7-13)6-12(4,5)8-14/h6,14H,8H2,1-5H3/b9-6+. The van der Waals surface area contributed by atoms with Crippen molar-refractivity contribution in [3.8, 4) is 6.07 Å². The number of Topliss-reactive ketones (excluding diaryl/α,β-unsaturated/α-hetero) is 1. The molecule has 84 valence electrons. The summed E-state index contributed by atoms with van der Waals surface area (Å²) in [5.41, 5.74) is -0.972. The predicted octanol–water partition coefficient (Wildman–Crippen LogP) is 2.07. The third kappa shape index (κ3) is 4.26. The molecule has 0 aromatic rings. The van der Waals surface area contributed by atoms with E-state index in [0.29, 0.717) is 0 Å². The molecule has 15 heavy (non-hydrogen) atoms. The van der Waals surface area contributed by atoms with Gasteiger partial charge in [-0.05, 0) is 0 Å². The minimum absolute atomic E-state index is 0.0877. The summed E-state index contributed by atoms with van der Waals surface area (Å²) in [6.45, 7) is 8.78. The second-order valence-electron chi connectivity index (χ2n) is 5.40. The van der Waals surface area contributed by atoms with Crippen LogP contribution in [0.3, 0.4) is 0 Å². The zero-order chi connectivity index (χ0) is 12.3. The number of nitrogens with zero attached hydrogens (tertiary/aromatic N) is 1. The molecule has 0 fully saturated rings. The van der Waals surface area contributed by atoms with Crippen molar-refractivity contribution < 1.29 is 9.90 Å². The van der Waals surface area contributed by atoms with Crippen molar-refractivity contribution in [1.82, 2.24) is 0 Å². The number of nitriles is 1. The number of hydrogen-bond acceptors (Lipinski definition) is 3. The molecule has 0 aliphatic heterocycles. The highest BCUT2D eigenvalue weighted by Crippen LogP contribution is 2.24. The molecule has 3 heteroatoms. The van der Waals surface area contributed by atoms with Crippen LogP contribution in [0, 0.1) is 22.2 Å². The summed E-state index contributed by atoms with van der Waals surface area (Å²) >= 11 is 0. The van der Waals surface area contributed by atoms with Crippen molar-refractivity contribution in [2.24, 2.45) is 10.8 Å². The molecule has 0 amide bonds. The molecule has 0 saturated heterocycles. The summed E-state index contributed by atoms with van der Waals surface area (Å²) < 4.78 is 0. The van der Waals surface area contributed by atoms with E-state index in [2.05, 4.69) is 0 Å². The number of hydrogen-bond donors (Lipinski definition) is 1. The summed E-state index contributed by atoms with van der Waals surface area (Å²) in [6, 6.07) is 1.90. The molecule has 0 atom stereocenters. The Bertz CT molecular complexity index is 313. The Hall–Kier alpha value is -1.14. The van der Waals surface area contributed by atoms with Crippen LogP contribution in [0.15, 0.2) is 11.6 Å². The van der Waals surface area contributed by atoms with Crippen LogP contribution in [0.4, 0.5) is 0 Å². The first-order valence-electron chi connectivity index (χ1n) is 4.92. The van der Waals surface area contributed by atoms with Gasteiger partial charge in [-0.1, -0.05) is 40.7 Å². The van der Waals surface area contributed by atoms with Crippen LogP contribution in [-0.2, 0) is 4.79 Å². The molecule has 0 aromatic heterocycles. The zero-order valence-corrected chi connectivity index (χ0v) is 10.1. The van der Waals surface area contributed by atoms with E-state index >= 15 is 0 Å². The van der Waals surface area contributed by atoms with Gasteiger partial charge in [0, 0.05) is 10.8 Å². The number of ketones is 1. The van der Waals surface area contributed by atoms with E-state index < -0.39 is 10.8 Å². The van der Waals surface area contributed by atoms with Gasteiger partial charge in [0.25, 0.3) is 0 Å². The summed E-state index contributed by atoms with van der Waals surface area (Å²) in [5, 5.41) is 18.0. The van der Waals surface area contributed by atoms with Gasteiger partial charge in [0.2, 0.25) is 0 Å². The maximum Gasteiger partial charge on any atom is 0.178 e. The molecule has 0 aromatic carbocycles. The Morgan fingerprint density at radius 2 is 1.80 bits per heavy atom. The first-order valence-corrected chi connectivity index (χ1v) is 4.92. The fourth-order valence-corrected chi connectivity index (χ4v) is 0.989. The van der Waals surface area contributed by atoms with Crippen LogP contribution in [0.1, 0.15) is 34.6 Å². The van der Waals surface area contributed by atoms with Crippen LogP contribution in [0.25, 0.3) is 0 Å². The molecular formula is C12H19NO2. The minimum Gasteiger partial charge on any atom is -0.395 e. The zero-order valence-electron chi connectivity index (χ0n) is 10.1. The average Bonchev–Trinajstić information content (AvgIpc) is 2.11. The number of carbonyl (C=O) groups excluding carboxylic acids is 1. The van der Waals surface area contributed by atoms with Gasteiger partial charge in [-0.3, -0.25) is 4.79 Å². The van der Waals surface area contributed by atoms with E-state index in [4.69, 9.17) is 10.4 Å². The molecule has 0 heterocycles. The second kappa shape index (κ2) is 4.59. The van der Waals surface area contributed by atoms with Crippen molar-refractivity contribution in [3.63, 3.8) is 0 Å². The lowest BCUT2D eigenvalue weighted by Crippen LogP contribution is -2.24. The quantitative estimate of drug-likeness (QED) is 0.571. The van der Waals surface area contributed by atoms with Gasteiger partial charge >= 0.3 is 0 Å². The topological polar surface area (TPSA) is 61.1 Å². The van der Waals surface area contributed by atoms with Gasteiger partial charge < -0.3 is 5.11 Å². The maximum absolute atomic E-state index is 11.8. The Kier molecular flexibility index (Phi) is 4.24. The summed E-state index contributed by atoms with van der Waals surface area (Å²) in [6.07, 6.45) is 1.54. The van der Waals surface area contributed by atoms with Crippen LogP contribution in [0.5, 0.6) is 0 Å². The SMILES string of the molecule is CC(C)(/C=C(\C#N)C(=O)C(C)(C)C)CO. The van der Waals surface area contributed by atoms with Crippen molar-refractivity contribution in [3.05, 3.63) is 11.6 Å². The van der Waals surface area contributed by atoms with Crippen molar-refractivity contribution in [1.29, 1.82) is 5.26 Å². The fourth-order valence-electron chi connectivity index (χ4n) is 0.989. The fraction of sp³-hybridized carbons (Fsp3) is 0.667. The van der Waals surface area contributed by atoms with Gasteiger partial charge in [-0.15, -0.1) is 0 Å². The molecule has 3 nitrogen and oxygen atoms in total. The lowest BCUT2D eigenvalue weighted by Gasteiger charge is -2.20. The van der Waals surface area contributed by atoms with Crippen LogP contribution in [-0.4, -0.2) is 17.5 Å². The van der Waals surface area contributed by atoms with Gasteiger partial charge in [-0.2, -0.15) is 5.26 Å². The van der Waals surface area contributed by atoms with E-state index in [0.717, 1.165) is 0 Å². The van der Waals surface area contributed by atoms with Crippen molar-refractivity contribution in [2.75, 3.05) is 6.61 Å².